The zero-order chi connectivity index (χ0) is 18.0. The SMILES string of the molecule is COc1ccc(NC(=O)Cc2coc3c(C)c(C)ccc23)c(OC)c1. The van der Waals surface area contributed by atoms with Crippen LogP contribution in [0.4, 0.5) is 5.69 Å². The summed E-state index contributed by atoms with van der Waals surface area (Å²) in [5.74, 6) is 1.09. The molecular formula is C20H21NO4. The highest BCUT2D eigenvalue weighted by Crippen LogP contribution is 2.30. The van der Waals surface area contributed by atoms with E-state index >= 15 is 0 Å². The van der Waals surface area contributed by atoms with Crippen LogP contribution in [0.5, 0.6) is 11.5 Å². The van der Waals surface area contributed by atoms with E-state index in [-0.39, 0.29) is 12.3 Å². The first-order chi connectivity index (χ1) is 12.0. The molecule has 0 aliphatic rings. The van der Waals surface area contributed by atoms with Gasteiger partial charge in [-0.2, -0.15) is 0 Å². The van der Waals surface area contributed by atoms with Crippen LogP contribution >= 0.6 is 0 Å². The van der Waals surface area contributed by atoms with Crippen LogP contribution < -0.4 is 14.8 Å². The Hall–Kier alpha value is -2.95. The van der Waals surface area contributed by atoms with Crippen molar-refractivity contribution < 1.29 is 18.7 Å². The molecule has 0 aliphatic carbocycles. The van der Waals surface area contributed by atoms with Crippen molar-refractivity contribution in [2.75, 3.05) is 19.5 Å². The average molecular weight is 339 g/mol. The Morgan fingerprint density at radius 2 is 1.92 bits per heavy atom. The highest BCUT2D eigenvalue weighted by atomic mass is 16.5. The molecule has 5 nitrogen and oxygen atoms in total. The van der Waals surface area contributed by atoms with Crippen molar-refractivity contribution in [3.05, 3.63) is 53.3 Å². The van der Waals surface area contributed by atoms with Gasteiger partial charge in [-0.3, -0.25) is 4.79 Å². The monoisotopic (exact) mass is 339 g/mol. The summed E-state index contributed by atoms with van der Waals surface area (Å²) >= 11 is 0. The number of fused-ring (bicyclic) bond motifs is 1. The number of ether oxygens (including phenoxy) is 2. The fourth-order valence-electron chi connectivity index (χ4n) is 2.79. The van der Waals surface area contributed by atoms with E-state index in [1.807, 2.05) is 26.0 Å². The predicted molar refractivity (Wildman–Crippen MR) is 97.6 cm³/mol. The van der Waals surface area contributed by atoms with Crippen LogP contribution in [0, 0.1) is 13.8 Å². The lowest BCUT2D eigenvalue weighted by Crippen LogP contribution is -2.14. The standard InChI is InChI=1S/C20H21NO4/c1-12-5-7-16-14(11-25-20(16)13(12)2)9-19(22)21-17-8-6-15(23-3)10-18(17)24-4/h5-8,10-11H,9H2,1-4H3,(H,21,22). The molecule has 1 amide bonds. The molecule has 25 heavy (non-hydrogen) atoms. The lowest BCUT2D eigenvalue weighted by atomic mass is 10.0. The Bertz CT molecular complexity index is 927. The first-order valence-electron chi connectivity index (χ1n) is 8.01. The van der Waals surface area contributed by atoms with E-state index in [4.69, 9.17) is 13.9 Å². The Morgan fingerprint density at radius 3 is 2.64 bits per heavy atom. The smallest absolute Gasteiger partial charge is 0.229 e. The minimum atomic E-state index is -0.135. The van der Waals surface area contributed by atoms with E-state index < -0.39 is 0 Å². The largest absolute Gasteiger partial charge is 0.497 e. The fourth-order valence-corrected chi connectivity index (χ4v) is 2.79. The number of aryl methyl sites for hydroxylation is 2. The highest BCUT2D eigenvalue weighted by Gasteiger charge is 2.14. The number of rotatable bonds is 5. The summed E-state index contributed by atoms with van der Waals surface area (Å²) in [6, 6.07) is 9.31. The third-order valence-corrected chi connectivity index (χ3v) is 4.38. The van der Waals surface area contributed by atoms with Gasteiger partial charge in [-0.1, -0.05) is 12.1 Å². The van der Waals surface area contributed by atoms with Gasteiger partial charge in [0.15, 0.2) is 0 Å². The Morgan fingerprint density at radius 1 is 1.12 bits per heavy atom. The summed E-state index contributed by atoms with van der Waals surface area (Å²) in [6.45, 7) is 4.06. The molecule has 1 aromatic heterocycles. The molecule has 5 heteroatoms. The van der Waals surface area contributed by atoms with Crippen molar-refractivity contribution in [1.82, 2.24) is 0 Å². The van der Waals surface area contributed by atoms with E-state index in [0.717, 1.165) is 22.1 Å². The Labute approximate surface area is 146 Å². The van der Waals surface area contributed by atoms with Gasteiger partial charge >= 0.3 is 0 Å². The van der Waals surface area contributed by atoms with Crippen molar-refractivity contribution in [3.63, 3.8) is 0 Å². The minimum absolute atomic E-state index is 0.135. The molecule has 1 heterocycles. The van der Waals surface area contributed by atoms with Gasteiger partial charge in [-0.25, -0.2) is 0 Å². The Kier molecular flexibility index (Phi) is 4.65. The molecule has 3 aromatic rings. The van der Waals surface area contributed by atoms with Crippen molar-refractivity contribution in [2.24, 2.45) is 0 Å². The fraction of sp³-hybridized carbons (Fsp3) is 0.250. The molecule has 0 radical (unpaired) electrons. The minimum Gasteiger partial charge on any atom is -0.497 e. The van der Waals surface area contributed by atoms with Gasteiger partial charge in [0, 0.05) is 17.0 Å². The van der Waals surface area contributed by atoms with Crippen LogP contribution in [0.25, 0.3) is 11.0 Å². The number of furan rings is 1. The van der Waals surface area contributed by atoms with Crippen LogP contribution in [0.15, 0.2) is 41.0 Å². The second-order valence-corrected chi connectivity index (χ2v) is 5.94. The molecule has 3 rings (SSSR count). The summed E-state index contributed by atoms with van der Waals surface area (Å²) in [5.41, 5.74) is 4.57. The van der Waals surface area contributed by atoms with E-state index in [1.165, 1.54) is 5.56 Å². The second-order valence-electron chi connectivity index (χ2n) is 5.94. The third kappa shape index (κ3) is 3.31. The van der Waals surface area contributed by atoms with Gasteiger partial charge in [0.1, 0.15) is 17.1 Å². The maximum absolute atomic E-state index is 12.5. The predicted octanol–water partition coefficient (Wildman–Crippen LogP) is 4.25. The molecule has 0 saturated heterocycles. The molecule has 0 fully saturated rings. The van der Waals surface area contributed by atoms with Gasteiger partial charge < -0.3 is 19.2 Å². The molecule has 0 atom stereocenters. The van der Waals surface area contributed by atoms with Crippen molar-refractivity contribution in [3.8, 4) is 11.5 Å². The summed E-state index contributed by atoms with van der Waals surface area (Å²) in [5, 5.41) is 3.85. The zero-order valence-corrected chi connectivity index (χ0v) is 14.8. The van der Waals surface area contributed by atoms with E-state index in [1.54, 1.807) is 38.7 Å². The van der Waals surface area contributed by atoms with Gasteiger partial charge in [0.25, 0.3) is 0 Å². The van der Waals surface area contributed by atoms with Crippen molar-refractivity contribution in [1.29, 1.82) is 0 Å². The highest BCUT2D eigenvalue weighted by molar-refractivity contribution is 5.97. The molecule has 0 bridgehead atoms. The number of carbonyl (C=O) groups excluding carboxylic acids is 1. The first kappa shape index (κ1) is 16.9. The number of carbonyl (C=O) groups is 1. The maximum Gasteiger partial charge on any atom is 0.229 e. The van der Waals surface area contributed by atoms with E-state index in [2.05, 4.69) is 5.32 Å². The van der Waals surface area contributed by atoms with Crippen molar-refractivity contribution >= 4 is 22.6 Å². The lowest BCUT2D eigenvalue weighted by molar-refractivity contribution is -0.115. The summed E-state index contributed by atoms with van der Waals surface area (Å²) in [7, 11) is 3.14. The number of anilines is 1. The number of benzene rings is 2. The molecule has 0 unspecified atom stereocenters. The van der Waals surface area contributed by atoms with Gasteiger partial charge in [-0.15, -0.1) is 0 Å². The summed E-state index contributed by atoms with van der Waals surface area (Å²) in [4.78, 5) is 12.5. The lowest BCUT2D eigenvalue weighted by Gasteiger charge is -2.11. The molecule has 130 valence electrons. The molecule has 0 saturated carbocycles. The number of methoxy groups -OCH3 is 2. The zero-order valence-electron chi connectivity index (χ0n) is 14.8. The third-order valence-electron chi connectivity index (χ3n) is 4.38. The normalized spacial score (nSPS) is 10.7. The first-order valence-corrected chi connectivity index (χ1v) is 8.01. The van der Waals surface area contributed by atoms with Gasteiger partial charge in [0.05, 0.1) is 32.6 Å². The molecular weight excluding hydrogens is 318 g/mol. The topological polar surface area (TPSA) is 60.7 Å². The van der Waals surface area contributed by atoms with Crippen LogP contribution in [0.2, 0.25) is 0 Å². The maximum atomic E-state index is 12.5. The average Bonchev–Trinajstić information content (AvgIpc) is 3.01. The number of hydrogen-bond donors (Lipinski definition) is 1. The van der Waals surface area contributed by atoms with Crippen LogP contribution in [0.3, 0.4) is 0 Å². The molecule has 2 aromatic carbocycles. The van der Waals surface area contributed by atoms with Gasteiger partial charge in [0.2, 0.25) is 5.91 Å². The second kappa shape index (κ2) is 6.89. The van der Waals surface area contributed by atoms with E-state index in [9.17, 15) is 4.79 Å². The summed E-state index contributed by atoms with van der Waals surface area (Å²) in [6.07, 6.45) is 1.88. The van der Waals surface area contributed by atoms with Crippen LogP contribution in [0.1, 0.15) is 16.7 Å². The summed E-state index contributed by atoms with van der Waals surface area (Å²) < 4.78 is 16.1. The number of hydrogen-bond acceptors (Lipinski definition) is 4. The van der Waals surface area contributed by atoms with Crippen LogP contribution in [-0.4, -0.2) is 20.1 Å². The molecule has 0 aliphatic heterocycles. The number of amides is 1. The van der Waals surface area contributed by atoms with Crippen LogP contribution in [-0.2, 0) is 11.2 Å². The van der Waals surface area contributed by atoms with Gasteiger partial charge in [-0.05, 0) is 37.1 Å². The quantitative estimate of drug-likeness (QED) is 0.755. The van der Waals surface area contributed by atoms with Crippen molar-refractivity contribution in [2.45, 2.75) is 20.3 Å². The van der Waals surface area contributed by atoms with E-state index in [0.29, 0.717) is 17.2 Å². The number of nitrogens with one attached hydrogen (secondary N) is 1. The molecule has 0 spiro atoms. The Balaban J connectivity index is 1.81. The molecule has 1 N–H and O–H groups in total.